The molecule has 0 saturated carbocycles. The molecule has 1 rings (SSSR count). The van der Waals surface area contributed by atoms with Crippen molar-refractivity contribution in [2.75, 3.05) is 26.7 Å². The van der Waals surface area contributed by atoms with Gasteiger partial charge in [-0.15, -0.1) is 0 Å². The summed E-state index contributed by atoms with van der Waals surface area (Å²) in [7, 11) is 0.238. The number of nitrogens with one attached hydrogen (secondary N) is 1. The number of thiol groups is 1. The van der Waals surface area contributed by atoms with Gasteiger partial charge in [0.15, 0.2) is 0 Å². The molecule has 3 atom stereocenters. The van der Waals surface area contributed by atoms with Crippen LogP contribution >= 0.6 is 12.6 Å². The molecule has 3 unspecified atom stereocenters. The summed E-state index contributed by atoms with van der Waals surface area (Å²) in [5, 5.41) is 4.04. The van der Waals surface area contributed by atoms with Crippen LogP contribution in [0.4, 0.5) is 0 Å². The van der Waals surface area contributed by atoms with Crippen LogP contribution < -0.4 is 5.32 Å². The van der Waals surface area contributed by atoms with E-state index in [1.54, 1.807) is 0 Å². The minimum absolute atomic E-state index is 0.544. The lowest BCUT2D eigenvalue weighted by Crippen LogP contribution is -2.62. The van der Waals surface area contributed by atoms with Crippen LogP contribution in [0.2, 0.25) is 13.1 Å². The van der Waals surface area contributed by atoms with E-state index >= 15 is 0 Å². The van der Waals surface area contributed by atoms with Gasteiger partial charge >= 0.3 is 0 Å². The van der Waals surface area contributed by atoms with Crippen LogP contribution in [0.1, 0.15) is 39.5 Å². The zero-order chi connectivity index (χ0) is 15.2. The molecule has 1 N–H and O–H groups in total. The van der Waals surface area contributed by atoms with Crippen molar-refractivity contribution >= 4 is 20.9 Å². The molecule has 0 amide bonds. The average Bonchev–Trinajstić information content (AvgIpc) is 2.41. The van der Waals surface area contributed by atoms with Crippen molar-refractivity contribution in [1.82, 2.24) is 10.2 Å². The van der Waals surface area contributed by atoms with Gasteiger partial charge in [-0.1, -0.05) is 13.3 Å². The van der Waals surface area contributed by atoms with E-state index < -0.39 is 8.32 Å². The Balaban J connectivity index is 2.69. The van der Waals surface area contributed by atoms with Gasteiger partial charge in [0.25, 0.3) is 0 Å². The van der Waals surface area contributed by atoms with Crippen molar-refractivity contribution in [2.45, 2.75) is 69.6 Å². The largest absolute Gasteiger partial charge is 0.419 e. The molecular weight excluding hydrogens is 284 g/mol. The molecule has 1 heterocycles. The first-order valence-electron chi connectivity index (χ1n) is 8.12. The first-order chi connectivity index (χ1) is 9.42. The van der Waals surface area contributed by atoms with Crippen LogP contribution in [-0.4, -0.2) is 56.9 Å². The number of piperazine rings is 1. The van der Waals surface area contributed by atoms with Gasteiger partial charge in [0.2, 0.25) is 8.32 Å². The zero-order valence-electron chi connectivity index (χ0n) is 14.0. The third kappa shape index (κ3) is 5.33. The van der Waals surface area contributed by atoms with Gasteiger partial charge in [-0.3, -0.25) is 4.90 Å². The minimum atomic E-state index is -1.66. The first kappa shape index (κ1) is 18.5. The lowest BCUT2D eigenvalue weighted by atomic mass is 10.1. The van der Waals surface area contributed by atoms with E-state index in [0.717, 1.165) is 19.6 Å². The van der Waals surface area contributed by atoms with Crippen LogP contribution in [0.3, 0.4) is 0 Å². The second-order valence-corrected chi connectivity index (χ2v) is 11.6. The lowest BCUT2D eigenvalue weighted by Gasteiger charge is -2.45. The Morgan fingerprint density at radius 3 is 2.60 bits per heavy atom. The molecule has 120 valence electrons. The normalized spacial score (nSPS) is 24.6. The molecule has 3 nitrogen and oxygen atoms in total. The molecule has 0 radical (unpaired) electrons. The molecule has 1 fully saturated rings. The van der Waals surface area contributed by atoms with E-state index in [1.807, 2.05) is 7.11 Å². The van der Waals surface area contributed by atoms with E-state index in [1.165, 1.54) is 25.7 Å². The molecule has 20 heavy (non-hydrogen) atoms. The summed E-state index contributed by atoms with van der Waals surface area (Å²) in [5.41, 5.74) is 0.608. The minimum Gasteiger partial charge on any atom is -0.419 e. The monoisotopic (exact) mass is 318 g/mol. The predicted octanol–water partition coefficient (Wildman–Crippen LogP) is 2.92. The van der Waals surface area contributed by atoms with Crippen molar-refractivity contribution in [1.29, 1.82) is 0 Å². The SMILES string of the molecule is CCCC(S)CCC(N1CCNCC1C)[Si](C)(C)OC. The van der Waals surface area contributed by atoms with E-state index in [2.05, 4.69) is 37.2 Å². The molecule has 0 spiro atoms. The number of hydrogen-bond acceptors (Lipinski definition) is 4. The van der Waals surface area contributed by atoms with Crippen LogP contribution in [0.15, 0.2) is 0 Å². The second kappa shape index (κ2) is 8.78. The topological polar surface area (TPSA) is 24.5 Å². The smallest absolute Gasteiger partial charge is 0.202 e. The van der Waals surface area contributed by atoms with Crippen molar-refractivity contribution in [3.8, 4) is 0 Å². The highest BCUT2D eigenvalue weighted by atomic mass is 32.1. The zero-order valence-corrected chi connectivity index (χ0v) is 15.9. The Hall–Kier alpha value is 0.447. The summed E-state index contributed by atoms with van der Waals surface area (Å²) in [6, 6.07) is 0.611. The molecule has 1 saturated heterocycles. The fourth-order valence-corrected chi connectivity index (χ4v) is 5.92. The van der Waals surface area contributed by atoms with Gasteiger partial charge in [-0.2, -0.15) is 12.6 Å². The maximum Gasteiger partial charge on any atom is 0.202 e. The van der Waals surface area contributed by atoms with Gasteiger partial charge in [0.05, 0.1) is 0 Å². The number of rotatable bonds is 8. The summed E-state index contributed by atoms with van der Waals surface area (Å²) >= 11 is 4.74. The maximum atomic E-state index is 5.95. The predicted molar refractivity (Wildman–Crippen MR) is 94.2 cm³/mol. The van der Waals surface area contributed by atoms with Crippen molar-refractivity contribution in [2.24, 2.45) is 0 Å². The molecule has 0 bridgehead atoms. The standard InChI is InChI=1S/C15H34N2OSSi/c1-6-7-14(19)8-9-15(20(4,5)18-3)17-11-10-16-12-13(17)2/h13-16,19H,6-12H2,1-5H3. The summed E-state index contributed by atoms with van der Waals surface area (Å²) in [6.07, 6.45) is 4.89. The van der Waals surface area contributed by atoms with Crippen LogP contribution in [-0.2, 0) is 4.43 Å². The first-order valence-corrected chi connectivity index (χ1v) is 11.6. The Labute approximate surface area is 132 Å². The fraction of sp³-hybridized carbons (Fsp3) is 1.00. The van der Waals surface area contributed by atoms with Crippen LogP contribution in [0, 0.1) is 0 Å². The van der Waals surface area contributed by atoms with Gasteiger partial charge < -0.3 is 9.74 Å². The van der Waals surface area contributed by atoms with Crippen molar-refractivity contribution in [3.63, 3.8) is 0 Å². The van der Waals surface area contributed by atoms with Crippen LogP contribution in [0.25, 0.3) is 0 Å². The number of hydrogen-bond donors (Lipinski definition) is 2. The Morgan fingerprint density at radius 1 is 1.35 bits per heavy atom. The highest BCUT2D eigenvalue weighted by molar-refractivity contribution is 7.80. The third-order valence-corrected chi connectivity index (χ3v) is 8.47. The summed E-state index contributed by atoms with van der Waals surface area (Å²) in [5.74, 6) is 0. The Kier molecular flexibility index (Phi) is 8.12. The molecule has 1 aliphatic rings. The van der Waals surface area contributed by atoms with Gasteiger partial charge in [0.1, 0.15) is 0 Å². The average molecular weight is 319 g/mol. The van der Waals surface area contributed by atoms with Gasteiger partial charge in [-0.25, -0.2) is 0 Å². The highest BCUT2D eigenvalue weighted by Gasteiger charge is 2.39. The Morgan fingerprint density at radius 2 is 2.05 bits per heavy atom. The van der Waals surface area contributed by atoms with Gasteiger partial charge in [0, 0.05) is 43.7 Å². The second-order valence-electron chi connectivity index (χ2n) is 6.63. The van der Waals surface area contributed by atoms with Crippen molar-refractivity contribution < 1.29 is 4.43 Å². The summed E-state index contributed by atoms with van der Waals surface area (Å²) in [4.78, 5) is 2.69. The molecule has 0 aromatic rings. The Bertz CT molecular complexity index is 279. The van der Waals surface area contributed by atoms with Crippen molar-refractivity contribution in [3.05, 3.63) is 0 Å². The molecule has 0 aromatic carbocycles. The third-order valence-electron chi connectivity index (χ3n) is 4.68. The van der Waals surface area contributed by atoms with E-state index in [0.29, 0.717) is 17.0 Å². The molecule has 5 heteroatoms. The maximum absolute atomic E-state index is 5.95. The van der Waals surface area contributed by atoms with Gasteiger partial charge in [-0.05, 0) is 39.3 Å². The van der Waals surface area contributed by atoms with E-state index in [4.69, 9.17) is 17.1 Å². The van der Waals surface area contributed by atoms with E-state index in [-0.39, 0.29) is 0 Å². The fourth-order valence-electron chi connectivity index (χ4n) is 3.20. The molecule has 1 aliphatic heterocycles. The summed E-state index contributed by atoms with van der Waals surface area (Å²) < 4.78 is 5.95. The van der Waals surface area contributed by atoms with Crippen LogP contribution in [0.5, 0.6) is 0 Å². The van der Waals surface area contributed by atoms with E-state index in [9.17, 15) is 0 Å². The molecule has 0 aliphatic carbocycles. The molecule has 0 aromatic heterocycles. The summed E-state index contributed by atoms with van der Waals surface area (Å²) in [6.45, 7) is 12.7. The quantitative estimate of drug-likeness (QED) is 0.532. The highest BCUT2D eigenvalue weighted by Crippen LogP contribution is 2.25. The lowest BCUT2D eigenvalue weighted by molar-refractivity contribution is 0.132. The molecular formula is C15H34N2OSSi. The number of nitrogens with zero attached hydrogens (tertiary/aromatic N) is 1.